The fraction of sp³-hybridized carbons (Fsp3) is 1.00. The van der Waals surface area contributed by atoms with Crippen LogP contribution in [0.4, 0.5) is 13.2 Å². The molecule has 0 radical (unpaired) electrons. The molecule has 0 unspecified atom stereocenters. The van der Waals surface area contributed by atoms with E-state index >= 15 is 0 Å². The van der Waals surface area contributed by atoms with Crippen LogP contribution in [-0.4, -0.2) is 13.9 Å². The highest BCUT2D eigenvalue weighted by molar-refractivity contribution is 8.20. The van der Waals surface area contributed by atoms with E-state index in [2.05, 4.69) is 22.5 Å². The highest BCUT2D eigenvalue weighted by Gasteiger charge is 2.40. The van der Waals surface area contributed by atoms with Crippen LogP contribution in [0.1, 0.15) is 0 Å². The second-order valence-electron chi connectivity index (χ2n) is 1.44. The summed E-state index contributed by atoms with van der Waals surface area (Å²) in [7, 11) is -5.86. The Morgan fingerprint density at radius 2 is 1.58 bits per heavy atom. The maximum Gasteiger partial charge on any atom is 0.480 e. The van der Waals surface area contributed by atoms with Gasteiger partial charge in [-0.1, -0.05) is 22.5 Å². The van der Waals surface area contributed by atoms with Gasteiger partial charge in [0.2, 0.25) is 0 Å². The molecule has 0 aliphatic carbocycles. The predicted molar refractivity (Wildman–Crippen MR) is 37.6 cm³/mol. The molecule has 12 heavy (non-hydrogen) atoms. The summed E-state index contributed by atoms with van der Waals surface area (Å²) in [5.41, 5.74) is -5.63. The van der Waals surface area contributed by atoms with Gasteiger partial charge in [-0.25, -0.2) is 8.42 Å². The average molecular weight is 265 g/mol. The number of alkyl halides is 3. The first-order chi connectivity index (χ1) is 4.96. The molecule has 0 rings (SSSR count). The van der Waals surface area contributed by atoms with E-state index in [9.17, 15) is 26.2 Å². The minimum Gasteiger partial charge on any atom is -0.456 e. The molecule has 0 spiro atoms. The second-order valence-corrected chi connectivity index (χ2v) is 7.64. The van der Waals surface area contributed by atoms with Crippen LogP contribution in [0.3, 0.4) is 0 Å². The molecular formula is CCl2F3NO3PS-. The molecule has 0 amide bonds. The van der Waals surface area contributed by atoms with Gasteiger partial charge in [0.05, 0.1) is 0 Å². The molecule has 0 heterocycles. The zero-order valence-corrected chi connectivity index (χ0v) is 8.14. The first kappa shape index (κ1) is 12.5. The quantitative estimate of drug-likeness (QED) is 0.721. The summed E-state index contributed by atoms with van der Waals surface area (Å²) in [6.45, 7) is 0. The fourth-order valence-electron chi connectivity index (χ4n) is 0.171. The van der Waals surface area contributed by atoms with Gasteiger partial charge < -0.3 is 9.06 Å². The van der Waals surface area contributed by atoms with Gasteiger partial charge in [-0.05, 0) is 0 Å². The van der Waals surface area contributed by atoms with Gasteiger partial charge in [-0.2, -0.15) is 13.2 Å². The van der Waals surface area contributed by atoms with Crippen molar-refractivity contribution in [2.45, 2.75) is 5.51 Å². The van der Waals surface area contributed by atoms with Crippen LogP contribution in [0.2, 0.25) is 0 Å². The topological polar surface area (TPSA) is 65.3 Å². The van der Waals surface area contributed by atoms with Crippen LogP contribution >= 0.6 is 28.5 Å². The predicted octanol–water partition coefficient (Wildman–Crippen LogP) is 2.80. The largest absolute Gasteiger partial charge is 0.480 e. The lowest BCUT2D eigenvalue weighted by atomic mass is 11.6. The molecule has 0 aliphatic rings. The summed E-state index contributed by atoms with van der Waals surface area (Å²) < 4.78 is 66.3. The Kier molecular flexibility index (Phi) is 3.48. The fourth-order valence-corrected chi connectivity index (χ4v) is 3.01. The Balaban J connectivity index is 4.83. The molecule has 0 aromatic carbocycles. The van der Waals surface area contributed by atoms with E-state index < -0.39 is 21.5 Å². The van der Waals surface area contributed by atoms with Crippen LogP contribution in [0, 0.1) is 0 Å². The van der Waals surface area contributed by atoms with E-state index in [0.29, 0.717) is 0 Å². The van der Waals surface area contributed by atoms with Gasteiger partial charge in [0, 0.05) is 0 Å². The highest BCUT2D eigenvalue weighted by Crippen LogP contribution is 2.65. The van der Waals surface area contributed by atoms with Crippen molar-refractivity contribution < 1.29 is 26.2 Å². The van der Waals surface area contributed by atoms with Gasteiger partial charge in [-0.15, -0.1) is 0 Å². The summed E-state index contributed by atoms with van der Waals surface area (Å²) in [4.78, 5) is 0. The van der Waals surface area contributed by atoms with Crippen molar-refractivity contribution in [1.82, 2.24) is 0 Å². The summed E-state index contributed by atoms with van der Waals surface area (Å²) >= 11 is 9.00. The maximum atomic E-state index is 11.4. The third kappa shape index (κ3) is 3.95. The Labute approximate surface area is 75.1 Å². The van der Waals surface area contributed by atoms with Crippen LogP contribution < -0.4 is 0 Å². The lowest BCUT2D eigenvalue weighted by Gasteiger charge is -2.21. The third-order valence-corrected chi connectivity index (χ3v) is 3.81. The van der Waals surface area contributed by atoms with Crippen LogP contribution in [0.25, 0.3) is 4.49 Å². The zero-order chi connectivity index (χ0) is 10.2. The molecule has 11 heteroatoms. The minimum absolute atomic E-state index is 1.75. The van der Waals surface area contributed by atoms with Crippen molar-refractivity contribution in [2.24, 2.45) is 0 Å². The maximum absolute atomic E-state index is 11.4. The van der Waals surface area contributed by atoms with Crippen molar-refractivity contribution in [3.8, 4) is 0 Å². The summed E-state index contributed by atoms with van der Waals surface area (Å²) in [6.07, 6.45) is 0. The van der Waals surface area contributed by atoms with E-state index in [1.54, 1.807) is 4.49 Å². The van der Waals surface area contributed by atoms with Gasteiger partial charge in [-0.3, -0.25) is 0 Å². The van der Waals surface area contributed by atoms with Gasteiger partial charge in [0.1, 0.15) is 0 Å². The first-order valence-electron chi connectivity index (χ1n) is 2.01. The van der Waals surface area contributed by atoms with Crippen molar-refractivity contribution in [1.29, 1.82) is 0 Å². The molecule has 74 valence electrons. The van der Waals surface area contributed by atoms with E-state index in [-0.39, 0.29) is 0 Å². The van der Waals surface area contributed by atoms with E-state index in [1.165, 1.54) is 0 Å². The number of hydrogen-bond donors (Lipinski definition) is 0. The molecule has 0 aliphatic heterocycles. The van der Waals surface area contributed by atoms with E-state index in [4.69, 9.17) is 0 Å². The summed E-state index contributed by atoms with van der Waals surface area (Å²) in [5.74, 6) is -4.62. The molecule has 0 aromatic rings. The number of hydrogen-bond acceptors (Lipinski definition) is 3. The minimum atomic E-state index is -5.86. The number of rotatable bonds is 2. The molecule has 0 saturated heterocycles. The highest BCUT2D eigenvalue weighted by atomic mass is 35.9. The lowest BCUT2D eigenvalue weighted by molar-refractivity contribution is -0.0424. The Hall–Kier alpha value is 0.510. The zero-order valence-electron chi connectivity index (χ0n) is 4.92. The average Bonchev–Trinajstić information content (AvgIpc) is 1.52. The number of nitrogens with zero attached hydrogens (tertiary/aromatic N) is 1. The first-order valence-corrected chi connectivity index (χ1v) is 6.92. The molecule has 4 nitrogen and oxygen atoms in total. The molecule has 0 aromatic heterocycles. The normalized spacial score (nSPS) is 14.8. The SMILES string of the molecule is O=P(Cl)(Cl)[N-]S(=O)(=O)C(F)(F)F. The smallest absolute Gasteiger partial charge is 0.456 e. The summed E-state index contributed by atoms with van der Waals surface area (Å²) in [6, 6.07) is 0. The van der Waals surface area contributed by atoms with Gasteiger partial charge >= 0.3 is 5.51 Å². The van der Waals surface area contributed by atoms with Crippen molar-refractivity contribution in [3.05, 3.63) is 4.49 Å². The lowest BCUT2D eigenvalue weighted by Crippen LogP contribution is -2.20. The van der Waals surface area contributed by atoms with Gasteiger partial charge in [0.15, 0.2) is 16.0 Å². The van der Waals surface area contributed by atoms with Crippen molar-refractivity contribution >= 4 is 38.5 Å². The van der Waals surface area contributed by atoms with E-state index in [1.807, 2.05) is 0 Å². The molecule has 0 N–H and O–H groups in total. The number of halogens is 5. The van der Waals surface area contributed by atoms with Crippen LogP contribution in [-0.2, 0) is 14.6 Å². The van der Waals surface area contributed by atoms with Crippen LogP contribution in [0.15, 0.2) is 0 Å². The molecular weight excluding hydrogens is 265 g/mol. The summed E-state index contributed by atoms with van der Waals surface area (Å²) in [5, 5.41) is 0. The molecule has 0 atom stereocenters. The Morgan fingerprint density at radius 3 is 1.67 bits per heavy atom. The Bertz CT molecular complexity index is 304. The second kappa shape index (κ2) is 3.34. The third-order valence-electron chi connectivity index (χ3n) is 0.495. The molecule has 0 fully saturated rings. The standard InChI is InChI=1S/CCl2F3NO3PS/c2-11(3,8)7-12(9,10)1(4,5)6/q-1. The van der Waals surface area contributed by atoms with Crippen LogP contribution in [0.5, 0.6) is 0 Å². The van der Waals surface area contributed by atoms with Gasteiger partial charge in [0.25, 0.3) is 0 Å². The van der Waals surface area contributed by atoms with Crippen molar-refractivity contribution in [2.75, 3.05) is 0 Å². The molecule has 0 saturated carbocycles. The van der Waals surface area contributed by atoms with Crippen molar-refractivity contribution in [3.63, 3.8) is 0 Å². The van der Waals surface area contributed by atoms with E-state index in [0.717, 1.165) is 0 Å². The Morgan fingerprint density at radius 1 is 1.25 bits per heavy atom. The molecule has 0 bridgehead atoms. The number of sulfonamides is 1. The monoisotopic (exact) mass is 264 g/mol.